The number of aromatic nitrogens is 1. The summed E-state index contributed by atoms with van der Waals surface area (Å²) in [4.78, 5) is 21.9. The van der Waals surface area contributed by atoms with Crippen molar-refractivity contribution in [2.24, 2.45) is 0 Å². The smallest absolute Gasteiger partial charge is 0.260 e. The van der Waals surface area contributed by atoms with E-state index < -0.39 is 5.82 Å². The molecule has 1 saturated heterocycles. The highest BCUT2D eigenvalue weighted by Crippen LogP contribution is 2.34. The highest BCUT2D eigenvalue weighted by Gasteiger charge is 2.23. The molecular formula is C21H21ClFN3O2S. The summed E-state index contributed by atoms with van der Waals surface area (Å²) in [6, 6.07) is 9.53. The Morgan fingerprint density at radius 1 is 1.31 bits per heavy atom. The van der Waals surface area contributed by atoms with Crippen LogP contribution in [0.5, 0.6) is 0 Å². The lowest BCUT2D eigenvalue weighted by molar-refractivity contribution is 0.0391. The SMILES string of the molecule is Cc1c(Cl)ccc2sc(N(CCN3CCOCC3)C(=O)c3cccc(F)c3)nc12. The van der Waals surface area contributed by atoms with Gasteiger partial charge in [0.15, 0.2) is 5.13 Å². The van der Waals surface area contributed by atoms with Crippen LogP contribution in [0, 0.1) is 12.7 Å². The number of thiazole rings is 1. The first kappa shape index (κ1) is 20.2. The molecule has 1 amide bonds. The van der Waals surface area contributed by atoms with Gasteiger partial charge in [0.1, 0.15) is 5.82 Å². The third-order valence-electron chi connectivity index (χ3n) is 5.03. The Kier molecular flexibility index (Phi) is 6.10. The Balaban J connectivity index is 1.67. The molecule has 4 rings (SSSR count). The molecule has 0 bridgehead atoms. The average Bonchev–Trinajstić information content (AvgIpc) is 3.16. The van der Waals surface area contributed by atoms with Crippen molar-refractivity contribution < 1.29 is 13.9 Å². The predicted molar refractivity (Wildman–Crippen MR) is 115 cm³/mol. The number of nitrogens with zero attached hydrogens (tertiary/aromatic N) is 3. The van der Waals surface area contributed by atoms with E-state index in [9.17, 15) is 9.18 Å². The number of fused-ring (bicyclic) bond motifs is 1. The van der Waals surface area contributed by atoms with Crippen LogP contribution in [0.15, 0.2) is 36.4 Å². The van der Waals surface area contributed by atoms with Crippen LogP contribution in [0.3, 0.4) is 0 Å². The molecule has 0 saturated carbocycles. The lowest BCUT2D eigenvalue weighted by Crippen LogP contribution is -2.43. The summed E-state index contributed by atoms with van der Waals surface area (Å²) in [5.41, 5.74) is 1.99. The van der Waals surface area contributed by atoms with Crippen LogP contribution in [0.2, 0.25) is 5.02 Å². The number of halogens is 2. The van der Waals surface area contributed by atoms with Gasteiger partial charge >= 0.3 is 0 Å². The van der Waals surface area contributed by atoms with Crippen LogP contribution in [-0.2, 0) is 4.74 Å². The van der Waals surface area contributed by atoms with E-state index in [4.69, 9.17) is 21.3 Å². The molecule has 1 aliphatic rings. The Morgan fingerprint density at radius 2 is 2.10 bits per heavy atom. The van der Waals surface area contributed by atoms with Crippen molar-refractivity contribution in [1.29, 1.82) is 0 Å². The minimum Gasteiger partial charge on any atom is -0.379 e. The second kappa shape index (κ2) is 8.75. The molecule has 1 aromatic heterocycles. The second-order valence-corrected chi connectivity index (χ2v) is 8.35. The first-order valence-corrected chi connectivity index (χ1v) is 10.7. The van der Waals surface area contributed by atoms with E-state index in [1.807, 2.05) is 19.1 Å². The highest BCUT2D eigenvalue weighted by molar-refractivity contribution is 7.22. The van der Waals surface area contributed by atoms with Crippen molar-refractivity contribution in [1.82, 2.24) is 9.88 Å². The van der Waals surface area contributed by atoms with Crippen molar-refractivity contribution in [2.45, 2.75) is 6.92 Å². The topological polar surface area (TPSA) is 45.7 Å². The van der Waals surface area contributed by atoms with Gasteiger partial charge in [-0.3, -0.25) is 14.6 Å². The quantitative estimate of drug-likeness (QED) is 0.599. The molecule has 0 aliphatic carbocycles. The van der Waals surface area contributed by atoms with E-state index in [-0.39, 0.29) is 5.91 Å². The zero-order chi connectivity index (χ0) is 20.4. The molecule has 1 fully saturated rings. The molecule has 0 N–H and O–H groups in total. The number of rotatable bonds is 5. The number of amides is 1. The summed E-state index contributed by atoms with van der Waals surface area (Å²) >= 11 is 7.68. The van der Waals surface area contributed by atoms with Crippen molar-refractivity contribution in [3.8, 4) is 0 Å². The van der Waals surface area contributed by atoms with Gasteiger partial charge in [-0.05, 0) is 42.8 Å². The Hall–Kier alpha value is -2.06. The molecule has 1 aliphatic heterocycles. The Bertz CT molecular complexity index is 1040. The fourth-order valence-corrected chi connectivity index (χ4v) is 4.53. The van der Waals surface area contributed by atoms with E-state index in [1.54, 1.807) is 17.0 Å². The Labute approximate surface area is 177 Å². The third-order valence-corrected chi connectivity index (χ3v) is 6.48. The van der Waals surface area contributed by atoms with Crippen LogP contribution in [0.25, 0.3) is 10.2 Å². The number of anilines is 1. The lowest BCUT2D eigenvalue weighted by Gasteiger charge is -2.29. The molecule has 2 aromatic carbocycles. The lowest BCUT2D eigenvalue weighted by atomic mass is 10.2. The van der Waals surface area contributed by atoms with Gasteiger partial charge in [-0.15, -0.1) is 0 Å². The van der Waals surface area contributed by atoms with Crippen molar-refractivity contribution in [2.75, 3.05) is 44.3 Å². The molecule has 152 valence electrons. The molecule has 2 heterocycles. The van der Waals surface area contributed by atoms with Gasteiger partial charge in [0.2, 0.25) is 0 Å². The van der Waals surface area contributed by atoms with E-state index >= 15 is 0 Å². The number of carbonyl (C=O) groups is 1. The maximum absolute atomic E-state index is 13.7. The minimum absolute atomic E-state index is 0.263. The normalized spacial score (nSPS) is 15.0. The van der Waals surface area contributed by atoms with E-state index in [0.717, 1.165) is 28.9 Å². The van der Waals surface area contributed by atoms with E-state index in [0.29, 0.717) is 42.0 Å². The zero-order valence-corrected chi connectivity index (χ0v) is 17.6. The van der Waals surface area contributed by atoms with Gasteiger partial charge in [-0.1, -0.05) is 29.0 Å². The number of carbonyl (C=O) groups excluding carboxylic acids is 1. The summed E-state index contributed by atoms with van der Waals surface area (Å²) in [6.07, 6.45) is 0. The molecular weight excluding hydrogens is 413 g/mol. The standard InChI is InChI=1S/C21H21ClFN3O2S/c1-14-17(22)5-6-18-19(14)24-21(29-18)26(8-7-25-9-11-28-12-10-25)20(27)15-3-2-4-16(23)13-15/h2-6,13H,7-12H2,1H3. The molecule has 0 spiro atoms. The van der Waals surface area contributed by atoms with Crippen LogP contribution in [0.1, 0.15) is 15.9 Å². The summed E-state index contributed by atoms with van der Waals surface area (Å²) in [6.45, 7) is 6.11. The van der Waals surface area contributed by atoms with Crippen LogP contribution < -0.4 is 4.90 Å². The maximum atomic E-state index is 13.7. The van der Waals surface area contributed by atoms with Gasteiger partial charge in [0.05, 0.1) is 23.4 Å². The average molecular weight is 434 g/mol. The van der Waals surface area contributed by atoms with Crippen LogP contribution >= 0.6 is 22.9 Å². The number of benzene rings is 2. The summed E-state index contributed by atoms with van der Waals surface area (Å²) in [5.74, 6) is -0.698. The monoisotopic (exact) mass is 433 g/mol. The number of ether oxygens (including phenoxy) is 1. The first-order chi connectivity index (χ1) is 14.0. The van der Waals surface area contributed by atoms with Crippen molar-refractivity contribution in [3.63, 3.8) is 0 Å². The number of hydrogen-bond donors (Lipinski definition) is 0. The van der Waals surface area contributed by atoms with Gasteiger partial charge in [0.25, 0.3) is 5.91 Å². The van der Waals surface area contributed by atoms with Crippen molar-refractivity contribution >= 4 is 44.2 Å². The molecule has 0 radical (unpaired) electrons. The van der Waals surface area contributed by atoms with Gasteiger partial charge in [0, 0.05) is 36.8 Å². The highest BCUT2D eigenvalue weighted by atomic mass is 35.5. The zero-order valence-electron chi connectivity index (χ0n) is 16.0. The largest absolute Gasteiger partial charge is 0.379 e. The third kappa shape index (κ3) is 4.43. The van der Waals surface area contributed by atoms with Crippen molar-refractivity contribution in [3.05, 3.63) is 58.4 Å². The van der Waals surface area contributed by atoms with E-state index in [2.05, 4.69) is 4.90 Å². The number of hydrogen-bond acceptors (Lipinski definition) is 5. The maximum Gasteiger partial charge on any atom is 0.260 e. The Morgan fingerprint density at radius 3 is 2.86 bits per heavy atom. The predicted octanol–water partition coefficient (Wildman–Crippen LogP) is 4.38. The summed E-state index contributed by atoms with van der Waals surface area (Å²) in [7, 11) is 0. The molecule has 8 heteroatoms. The van der Waals surface area contributed by atoms with Crippen LogP contribution in [-0.4, -0.2) is 55.2 Å². The first-order valence-electron chi connectivity index (χ1n) is 9.46. The second-order valence-electron chi connectivity index (χ2n) is 6.94. The van der Waals surface area contributed by atoms with Crippen LogP contribution in [0.4, 0.5) is 9.52 Å². The number of morpholine rings is 1. The van der Waals surface area contributed by atoms with Gasteiger partial charge in [-0.25, -0.2) is 9.37 Å². The molecule has 0 unspecified atom stereocenters. The molecule has 5 nitrogen and oxygen atoms in total. The molecule has 3 aromatic rings. The molecule has 0 atom stereocenters. The van der Waals surface area contributed by atoms with Gasteiger partial charge in [-0.2, -0.15) is 0 Å². The van der Waals surface area contributed by atoms with Gasteiger partial charge < -0.3 is 4.74 Å². The fourth-order valence-electron chi connectivity index (χ4n) is 3.33. The summed E-state index contributed by atoms with van der Waals surface area (Å²) in [5, 5.41) is 1.23. The molecule has 29 heavy (non-hydrogen) atoms. The number of aryl methyl sites for hydroxylation is 1. The van der Waals surface area contributed by atoms with E-state index in [1.165, 1.54) is 23.5 Å². The minimum atomic E-state index is -0.434. The summed E-state index contributed by atoms with van der Waals surface area (Å²) < 4.78 is 20.1. The fraction of sp³-hybridized carbons (Fsp3) is 0.333.